The van der Waals surface area contributed by atoms with Gasteiger partial charge in [0.2, 0.25) is 5.91 Å². The molecule has 1 amide bonds. The molecule has 1 unspecified atom stereocenters. The van der Waals surface area contributed by atoms with Crippen LogP contribution in [-0.4, -0.2) is 34.9 Å². The Morgan fingerprint density at radius 1 is 1.13 bits per heavy atom. The minimum absolute atomic E-state index is 0.137. The van der Waals surface area contributed by atoms with Crippen LogP contribution in [0.25, 0.3) is 11.0 Å². The number of amides is 1. The van der Waals surface area contributed by atoms with Crippen LogP contribution < -0.4 is 4.72 Å². The molecule has 5 nitrogen and oxygen atoms in total. The van der Waals surface area contributed by atoms with Crippen molar-refractivity contribution in [3.05, 3.63) is 60.6 Å². The van der Waals surface area contributed by atoms with E-state index < -0.39 is 0 Å². The number of hydrogen-bond donors (Lipinski definition) is 1. The Hall–Kier alpha value is -2.31. The van der Waals surface area contributed by atoms with Gasteiger partial charge in [-0.05, 0) is 66.1 Å². The first-order valence-corrected chi connectivity index (χ1v) is 11.3. The van der Waals surface area contributed by atoms with E-state index in [2.05, 4.69) is 43.5 Å². The molecular weight excluding hydrogens is 394 g/mol. The quantitative estimate of drug-likeness (QED) is 0.454. The van der Waals surface area contributed by atoms with Crippen LogP contribution in [0.4, 0.5) is 0 Å². The van der Waals surface area contributed by atoms with E-state index in [-0.39, 0.29) is 11.9 Å². The minimum Gasteiger partial charge on any atom is -0.464 e. The molecule has 2 aromatic heterocycles. The Labute approximate surface area is 183 Å². The van der Waals surface area contributed by atoms with Crippen LogP contribution in [0.1, 0.15) is 33.3 Å². The molecule has 0 aliphatic heterocycles. The first-order chi connectivity index (χ1) is 14.4. The molecule has 3 rings (SSSR count). The summed E-state index contributed by atoms with van der Waals surface area (Å²) in [5.74, 6) is 0.976. The van der Waals surface area contributed by atoms with Gasteiger partial charge in [0, 0.05) is 35.8 Å². The van der Waals surface area contributed by atoms with Crippen molar-refractivity contribution in [3.63, 3.8) is 0 Å². The topological polar surface area (TPSA) is 58.4 Å². The molecule has 1 atom stereocenters. The fourth-order valence-corrected chi connectivity index (χ4v) is 4.22. The van der Waals surface area contributed by atoms with Crippen LogP contribution in [0, 0.1) is 11.8 Å². The summed E-state index contributed by atoms with van der Waals surface area (Å²) in [6.45, 7) is 10.1. The molecule has 0 aliphatic rings. The summed E-state index contributed by atoms with van der Waals surface area (Å²) < 4.78 is 8.86. The van der Waals surface area contributed by atoms with Crippen molar-refractivity contribution in [2.24, 2.45) is 11.8 Å². The van der Waals surface area contributed by atoms with Gasteiger partial charge >= 0.3 is 0 Å². The summed E-state index contributed by atoms with van der Waals surface area (Å²) >= 11 is 1.49. The second kappa shape index (κ2) is 10.6. The van der Waals surface area contributed by atoms with E-state index in [4.69, 9.17) is 4.42 Å². The fraction of sp³-hybridized carbons (Fsp3) is 0.417. The van der Waals surface area contributed by atoms with Crippen LogP contribution in [0.15, 0.2) is 64.4 Å². The molecule has 0 saturated heterocycles. The number of nitrogens with zero attached hydrogens (tertiary/aromatic N) is 2. The van der Waals surface area contributed by atoms with Gasteiger partial charge in [0.25, 0.3) is 0 Å². The number of pyridine rings is 1. The first kappa shape index (κ1) is 22.4. The summed E-state index contributed by atoms with van der Waals surface area (Å²) in [5.41, 5.74) is 1.91. The second-order valence-corrected chi connectivity index (χ2v) is 9.40. The summed E-state index contributed by atoms with van der Waals surface area (Å²) in [4.78, 5) is 20.8. The lowest BCUT2D eigenvalue weighted by Gasteiger charge is -2.30. The zero-order chi connectivity index (χ0) is 21.5. The van der Waals surface area contributed by atoms with Crippen molar-refractivity contribution < 1.29 is 9.21 Å². The van der Waals surface area contributed by atoms with Crippen LogP contribution in [0.3, 0.4) is 0 Å². The van der Waals surface area contributed by atoms with Crippen LogP contribution >= 0.6 is 11.9 Å². The molecule has 0 radical (unpaired) electrons. The van der Waals surface area contributed by atoms with Gasteiger partial charge in [-0.3, -0.25) is 9.78 Å². The Morgan fingerprint density at radius 2 is 1.90 bits per heavy atom. The van der Waals surface area contributed by atoms with E-state index in [9.17, 15) is 4.79 Å². The van der Waals surface area contributed by atoms with Gasteiger partial charge in [0.1, 0.15) is 11.6 Å². The lowest BCUT2D eigenvalue weighted by Crippen LogP contribution is -2.48. The third kappa shape index (κ3) is 6.34. The maximum atomic E-state index is 13.5. The molecule has 3 aromatic rings. The van der Waals surface area contributed by atoms with E-state index in [1.165, 1.54) is 11.9 Å². The maximum absolute atomic E-state index is 13.5. The third-order valence-electron chi connectivity index (χ3n) is 4.69. The number of furan rings is 1. The standard InChI is InChI=1S/C24H31N3O2S/c1-17(2)15-27(16-18(3)4)24(28)22(12-19-6-5-10-25-14-19)26-30-21-7-8-23-20(13-21)9-11-29-23/h5-11,13-14,17-18,22,26H,12,15-16H2,1-4H3. The van der Waals surface area contributed by atoms with Crippen molar-refractivity contribution in [3.8, 4) is 0 Å². The molecule has 0 spiro atoms. The predicted octanol–water partition coefficient (Wildman–Crippen LogP) is 5.18. The average Bonchev–Trinajstić information content (AvgIpc) is 3.18. The number of aromatic nitrogens is 1. The summed E-state index contributed by atoms with van der Waals surface area (Å²) in [6.07, 6.45) is 5.88. The highest BCUT2D eigenvalue weighted by Crippen LogP contribution is 2.24. The molecule has 0 fully saturated rings. The highest BCUT2D eigenvalue weighted by Gasteiger charge is 2.26. The molecule has 6 heteroatoms. The third-order valence-corrected chi connectivity index (χ3v) is 5.58. The second-order valence-electron chi connectivity index (χ2n) is 8.49. The van der Waals surface area contributed by atoms with Gasteiger partial charge in [-0.1, -0.05) is 33.8 Å². The van der Waals surface area contributed by atoms with E-state index in [0.717, 1.165) is 34.5 Å². The number of hydrogen-bond acceptors (Lipinski definition) is 5. The molecule has 0 saturated carbocycles. The van der Waals surface area contributed by atoms with Crippen LogP contribution in [0.5, 0.6) is 0 Å². The number of carbonyl (C=O) groups is 1. The van der Waals surface area contributed by atoms with Gasteiger partial charge in [-0.15, -0.1) is 0 Å². The summed E-state index contributed by atoms with van der Waals surface area (Å²) in [5, 5.41) is 1.05. The van der Waals surface area contributed by atoms with Crippen LogP contribution in [0.2, 0.25) is 0 Å². The smallest absolute Gasteiger partial charge is 0.240 e. The summed E-state index contributed by atoms with van der Waals surface area (Å²) in [7, 11) is 0. The molecule has 1 aromatic carbocycles. The molecule has 0 aliphatic carbocycles. The number of nitrogens with one attached hydrogen (secondary N) is 1. The Kier molecular flexibility index (Phi) is 7.94. The van der Waals surface area contributed by atoms with Gasteiger partial charge in [-0.25, -0.2) is 4.72 Å². The molecule has 1 N–H and O–H groups in total. The zero-order valence-electron chi connectivity index (χ0n) is 18.2. The van der Waals surface area contributed by atoms with Crippen molar-refractivity contribution >= 4 is 28.8 Å². The van der Waals surface area contributed by atoms with Crippen molar-refractivity contribution in [2.45, 2.75) is 45.1 Å². The first-order valence-electron chi connectivity index (χ1n) is 10.5. The maximum Gasteiger partial charge on any atom is 0.240 e. The van der Waals surface area contributed by atoms with Crippen molar-refractivity contribution in [1.29, 1.82) is 0 Å². The van der Waals surface area contributed by atoms with Gasteiger partial charge in [0.15, 0.2) is 0 Å². The summed E-state index contributed by atoms with van der Waals surface area (Å²) in [6, 6.07) is 11.6. The Bertz CT molecular complexity index is 930. The molecular formula is C24H31N3O2S. The van der Waals surface area contributed by atoms with Crippen LogP contribution in [-0.2, 0) is 11.2 Å². The largest absolute Gasteiger partial charge is 0.464 e. The normalized spacial score (nSPS) is 12.6. The minimum atomic E-state index is -0.336. The molecule has 30 heavy (non-hydrogen) atoms. The van der Waals surface area contributed by atoms with E-state index in [1.807, 2.05) is 41.4 Å². The van der Waals surface area contributed by atoms with E-state index in [1.54, 1.807) is 12.5 Å². The predicted molar refractivity (Wildman–Crippen MR) is 123 cm³/mol. The van der Waals surface area contributed by atoms with Gasteiger partial charge in [-0.2, -0.15) is 0 Å². The van der Waals surface area contributed by atoms with Crippen molar-refractivity contribution in [1.82, 2.24) is 14.6 Å². The van der Waals surface area contributed by atoms with Gasteiger partial charge in [0.05, 0.1) is 6.26 Å². The molecule has 160 valence electrons. The molecule has 0 bridgehead atoms. The van der Waals surface area contributed by atoms with Crippen molar-refractivity contribution in [2.75, 3.05) is 13.1 Å². The number of carbonyl (C=O) groups excluding carboxylic acids is 1. The number of rotatable bonds is 10. The number of fused-ring (bicyclic) bond motifs is 1. The fourth-order valence-electron chi connectivity index (χ4n) is 3.44. The monoisotopic (exact) mass is 425 g/mol. The zero-order valence-corrected chi connectivity index (χ0v) is 19.0. The lowest BCUT2D eigenvalue weighted by molar-refractivity contribution is -0.134. The SMILES string of the molecule is CC(C)CN(CC(C)C)C(=O)C(Cc1cccnc1)NSc1ccc2occc2c1. The van der Waals surface area contributed by atoms with E-state index >= 15 is 0 Å². The lowest BCUT2D eigenvalue weighted by atomic mass is 10.1. The molecule has 2 heterocycles. The highest BCUT2D eigenvalue weighted by molar-refractivity contribution is 7.97. The average molecular weight is 426 g/mol. The number of benzene rings is 1. The Balaban J connectivity index is 1.78. The van der Waals surface area contributed by atoms with Gasteiger partial charge < -0.3 is 9.32 Å². The highest BCUT2D eigenvalue weighted by atomic mass is 32.2. The van der Waals surface area contributed by atoms with E-state index in [0.29, 0.717) is 18.3 Å². The Morgan fingerprint density at radius 3 is 2.57 bits per heavy atom.